The average molecular weight is 448 g/mol. The molecule has 8 heteroatoms. The highest BCUT2D eigenvalue weighted by Gasteiger charge is 2.14. The van der Waals surface area contributed by atoms with Crippen molar-refractivity contribution in [3.8, 4) is 11.5 Å². The van der Waals surface area contributed by atoms with Gasteiger partial charge in [-0.2, -0.15) is 0 Å². The molecule has 2 aromatic rings. The van der Waals surface area contributed by atoms with Crippen LogP contribution in [0.4, 0.5) is 10.1 Å². The van der Waals surface area contributed by atoms with Crippen LogP contribution < -0.4 is 20.5 Å². The highest BCUT2D eigenvalue weighted by molar-refractivity contribution is 6.31. The fourth-order valence-corrected chi connectivity index (χ4v) is 3.10. The summed E-state index contributed by atoms with van der Waals surface area (Å²) in [7, 11) is 1.56. The molecule has 0 spiro atoms. The van der Waals surface area contributed by atoms with E-state index >= 15 is 0 Å². The molecular formula is C23H27ClFN3O3. The number of aliphatic imine (C=N–C) groups is 1. The number of unbranched alkanes of at least 4 members (excludes halogenated alkanes) is 2. The van der Waals surface area contributed by atoms with E-state index in [1.165, 1.54) is 18.3 Å². The summed E-state index contributed by atoms with van der Waals surface area (Å²) >= 11 is 5.88. The van der Waals surface area contributed by atoms with Crippen molar-refractivity contribution in [2.24, 2.45) is 10.7 Å². The number of ether oxygens (including phenoxy) is 2. The molecule has 166 valence electrons. The number of carbonyl (C=O) groups excluding carboxylic acids is 1. The van der Waals surface area contributed by atoms with Gasteiger partial charge in [-0.25, -0.2) is 9.38 Å². The van der Waals surface area contributed by atoms with Gasteiger partial charge in [0.25, 0.3) is 0 Å². The number of methoxy groups -OCH3 is 1. The van der Waals surface area contributed by atoms with E-state index in [9.17, 15) is 9.18 Å². The summed E-state index contributed by atoms with van der Waals surface area (Å²) in [6.07, 6.45) is 4.19. The molecule has 0 saturated heterocycles. The van der Waals surface area contributed by atoms with Crippen molar-refractivity contribution in [2.75, 3.05) is 19.0 Å². The number of hydrogen-bond donors (Lipinski definition) is 2. The number of amidine groups is 1. The topological polar surface area (TPSA) is 85.9 Å². The van der Waals surface area contributed by atoms with Crippen LogP contribution in [0.5, 0.6) is 11.5 Å². The van der Waals surface area contributed by atoms with E-state index < -0.39 is 5.82 Å². The number of aryl methyl sites for hydroxylation is 1. The Bertz CT molecular complexity index is 963. The zero-order valence-electron chi connectivity index (χ0n) is 17.7. The molecule has 1 amide bonds. The molecule has 0 radical (unpaired) electrons. The lowest BCUT2D eigenvalue weighted by atomic mass is 10.1. The molecule has 3 N–H and O–H groups in total. The number of anilines is 1. The molecule has 0 aliphatic heterocycles. The van der Waals surface area contributed by atoms with Gasteiger partial charge in [0.05, 0.1) is 18.7 Å². The largest absolute Gasteiger partial charge is 0.493 e. The fraction of sp³-hybridized carbons (Fsp3) is 0.304. The molecule has 0 aromatic heterocycles. The molecular weight excluding hydrogens is 421 g/mol. The smallest absolute Gasteiger partial charge is 0.217 e. The number of nitrogens with one attached hydrogen (secondary N) is 1. The van der Waals surface area contributed by atoms with Gasteiger partial charge in [0.2, 0.25) is 5.91 Å². The molecule has 0 atom stereocenters. The molecule has 0 fully saturated rings. The molecule has 31 heavy (non-hydrogen) atoms. The minimum Gasteiger partial charge on any atom is -0.493 e. The molecule has 0 bridgehead atoms. The number of carbonyl (C=O) groups is 1. The standard InChI is InChI=1S/C23H27ClFN3O3/c1-4-27-23(28-16-9-10-19(25)18(24)13-16)17-14-20(30-3)21(12-15(17)2)31-11-7-5-6-8-22(26)29/h4,9-10,12-14H,1,5-8,11H2,2-3H3,(H2,26,29)(H,27,28). The van der Waals surface area contributed by atoms with Gasteiger partial charge < -0.3 is 20.5 Å². The van der Waals surface area contributed by atoms with Crippen molar-refractivity contribution >= 4 is 29.0 Å². The summed E-state index contributed by atoms with van der Waals surface area (Å²) in [6.45, 7) is 6.08. The number of halogens is 2. The van der Waals surface area contributed by atoms with E-state index in [4.69, 9.17) is 26.8 Å². The normalized spacial score (nSPS) is 11.2. The zero-order chi connectivity index (χ0) is 22.8. The van der Waals surface area contributed by atoms with Crippen LogP contribution in [-0.4, -0.2) is 25.5 Å². The van der Waals surface area contributed by atoms with Crippen LogP contribution in [0.25, 0.3) is 0 Å². The van der Waals surface area contributed by atoms with Crippen LogP contribution >= 0.6 is 11.6 Å². The predicted octanol–water partition coefficient (Wildman–Crippen LogP) is 5.22. The van der Waals surface area contributed by atoms with E-state index in [-0.39, 0.29) is 10.9 Å². The summed E-state index contributed by atoms with van der Waals surface area (Å²) in [5.41, 5.74) is 7.39. The van der Waals surface area contributed by atoms with Crippen molar-refractivity contribution in [3.63, 3.8) is 0 Å². The first kappa shape index (κ1) is 24.2. The minimum absolute atomic E-state index is 0.0110. The Labute approximate surface area is 186 Å². The molecule has 0 unspecified atom stereocenters. The molecule has 2 rings (SSSR count). The monoisotopic (exact) mass is 447 g/mol. The van der Waals surface area contributed by atoms with Crippen LogP contribution in [-0.2, 0) is 4.79 Å². The third kappa shape index (κ3) is 7.29. The summed E-state index contributed by atoms with van der Waals surface area (Å²) in [5.74, 6) is 0.882. The number of nitrogens with two attached hydrogens (primary N) is 1. The van der Waals surface area contributed by atoms with E-state index in [2.05, 4.69) is 16.9 Å². The van der Waals surface area contributed by atoms with Gasteiger partial charge in [0, 0.05) is 23.9 Å². The number of primary amides is 1. The Morgan fingerprint density at radius 1 is 1.26 bits per heavy atom. The van der Waals surface area contributed by atoms with E-state index in [0.29, 0.717) is 36.0 Å². The van der Waals surface area contributed by atoms with E-state index in [1.807, 2.05) is 19.1 Å². The SMILES string of the molecule is C=CN=C(Nc1ccc(F)c(Cl)c1)c1cc(OC)c(OCCCCCC(N)=O)cc1C. The molecule has 0 saturated carbocycles. The highest BCUT2D eigenvalue weighted by Crippen LogP contribution is 2.32. The average Bonchev–Trinajstić information content (AvgIpc) is 2.73. The van der Waals surface area contributed by atoms with Gasteiger partial charge in [-0.05, 0) is 62.1 Å². The number of hydrogen-bond acceptors (Lipinski definition) is 4. The second kappa shape index (κ2) is 12.0. The van der Waals surface area contributed by atoms with Crippen LogP contribution in [0.3, 0.4) is 0 Å². The highest BCUT2D eigenvalue weighted by atomic mass is 35.5. The molecule has 0 aliphatic carbocycles. The minimum atomic E-state index is -0.497. The lowest BCUT2D eigenvalue weighted by Crippen LogP contribution is -2.15. The maximum atomic E-state index is 13.5. The van der Waals surface area contributed by atoms with Crippen molar-refractivity contribution < 1.29 is 18.7 Å². The third-order valence-corrected chi connectivity index (χ3v) is 4.78. The van der Waals surface area contributed by atoms with Gasteiger partial charge in [-0.3, -0.25) is 4.79 Å². The molecule has 2 aromatic carbocycles. The second-order valence-electron chi connectivity index (χ2n) is 6.86. The molecule has 0 heterocycles. The maximum absolute atomic E-state index is 13.5. The number of nitrogens with zero attached hydrogens (tertiary/aromatic N) is 1. The first-order chi connectivity index (χ1) is 14.8. The van der Waals surface area contributed by atoms with Crippen LogP contribution in [0.1, 0.15) is 36.8 Å². The predicted molar refractivity (Wildman–Crippen MR) is 123 cm³/mol. The van der Waals surface area contributed by atoms with Crippen molar-refractivity contribution in [2.45, 2.75) is 32.6 Å². The summed E-state index contributed by atoms with van der Waals surface area (Å²) < 4.78 is 24.8. The number of rotatable bonds is 11. The van der Waals surface area contributed by atoms with Gasteiger partial charge in [-0.1, -0.05) is 18.2 Å². The summed E-state index contributed by atoms with van der Waals surface area (Å²) in [6, 6.07) is 8.03. The van der Waals surface area contributed by atoms with Crippen molar-refractivity contribution in [3.05, 3.63) is 65.1 Å². The quantitative estimate of drug-likeness (QED) is 0.281. The van der Waals surface area contributed by atoms with Crippen LogP contribution in [0.2, 0.25) is 5.02 Å². The van der Waals surface area contributed by atoms with Gasteiger partial charge in [-0.15, -0.1) is 0 Å². The van der Waals surface area contributed by atoms with Gasteiger partial charge in [0.15, 0.2) is 11.5 Å². The first-order valence-electron chi connectivity index (χ1n) is 9.86. The van der Waals surface area contributed by atoms with Crippen molar-refractivity contribution in [1.29, 1.82) is 0 Å². The number of amides is 1. The first-order valence-corrected chi connectivity index (χ1v) is 10.2. The third-order valence-electron chi connectivity index (χ3n) is 4.49. The van der Waals surface area contributed by atoms with Crippen LogP contribution in [0, 0.1) is 12.7 Å². The maximum Gasteiger partial charge on any atom is 0.217 e. The van der Waals surface area contributed by atoms with Gasteiger partial charge in [0.1, 0.15) is 11.7 Å². The lowest BCUT2D eigenvalue weighted by molar-refractivity contribution is -0.118. The number of benzene rings is 2. The van der Waals surface area contributed by atoms with Crippen LogP contribution in [0.15, 0.2) is 48.1 Å². The Balaban J connectivity index is 2.16. The Morgan fingerprint density at radius 3 is 2.68 bits per heavy atom. The molecule has 0 aliphatic rings. The fourth-order valence-electron chi connectivity index (χ4n) is 2.92. The lowest BCUT2D eigenvalue weighted by Gasteiger charge is -2.17. The van der Waals surface area contributed by atoms with E-state index in [1.54, 1.807) is 13.2 Å². The Kier molecular flexibility index (Phi) is 9.34. The van der Waals surface area contributed by atoms with E-state index in [0.717, 1.165) is 30.4 Å². The zero-order valence-corrected chi connectivity index (χ0v) is 18.5. The summed E-state index contributed by atoms with van der Waals surface area (Å²) in [4.78, 5) is 15.1. The van der Waals surface area contributed by atoms with Crippen molar-refractivity contribution in [1.82, 2.24) is 0 Å². The second-order valence-corrected chi connectivity index (χ2v) is 7.26. The Morgan fingerprint density at radius 2 is 2.03 bits per heavy atom. The van der Waals surface area contributed by atoms with Gasteiger partial charge >= 0.3 is 0 Å². The molecule has 6 nitrogen and oxygen atoms in total. The summed E-state index contributed by atoms with van der Waals surface area (Å²) in [5, 5.41) is 3.16. The Hall–Kier alpha value is -3.06.